The van der Waals surface area contributed by atoms with Crippen LogP contribution in [0.5, 0.6) is 0 Å². The Hall–Kier alpha value is -2.02. The van der Waals surface area contributed by atoms with Crippen molar-refractivity contribution in [2.24, 2.45) is 13.0 Å². The third kappa shape index (κ3) is 3.19. The van der Waals surface area contributed by atoms with Crippen molar-refractivity contribution >= 4 is 27.4 Å². The van der Waals surface area contributed by atoms with Crippen LogP contribution in [0.3, 0.4) is 0 Å². The topological polar surface area (TPSA) is 68.5 Å². The molecule has 6 nitrogen and oxygen atoms in total. The van der Waals surface area contributed by atoms with Gasteiger partial charge in [-0.3, -0.25) is 0 Å². The van der Waals surface area contributed by atoms with E-state index in [4.69, 9.17) is 0 Å². The first-order valence-electron chi connectivity index (χ1n) is 7.80. The molecule has 0 saturated heterocycles. The van der Waals surface area contributed by atoms with Gasteiger partial charge in [0.15, 0.2) is 5.82 Å². The molecule has 0 aromatic carbocycles. The second-order valence-corrected chi connectivity index (χ2v) is 7.18. The molecule has 3 aromatic rings. The molecular weight excluding hydrogens is 308 g/mol. The van der Waals surface area contributed by atoms with Gasteiger partial charge in [0.1, 0.15) is 22.8 Å². The first kappa shape index (κ1) is 15.9. The minimum absolute atomic E-state index is 0.0202. The van der Waals surface area contributed by atoms with Gasteiger partial charge < -0.3 is 9.88 Å². The number of fused-ring (bicyclic) bond motifs is 1. The summed E-state index contributed by atoms with van der Waals surface area (Å²) in [6.45, 7) is 8.46. The summed E-state index contributed by atoms with van der Waals surface area (Å²) < 4.78 is 1.92. The Balaban J connectivity index is 2.01. The summed E-state index contributed by atoms with van der Waals surface area (Å²) in [5.41, 5.74) is 1.31. The van der Waals surface area contributed by atoms with E-state index >= 15 is 0 Å². The van der Waals surface area contributed by atoms with Gasteiger partial charge in [-0.1, -0.05) is 13.8 Å². The highest BCUT2D eigenvalue weighted by Crippen LogP contribution is 2.33. The van der Waals surface area contributed by atoms with E-state index in [1.807, 2.05) is 18.5 Å². The second kappa shape index (κ2) is 6.23. The van der Waals surface area contributed by atoms with E-state index in [0.29, 0.717) is 5.92 Å². The molecule has 1 N–H and O–H groups in total. The fraction of sp³-hybridized carbons (Fsp3) is 0.500. The zero-order chi connectivity index (χ0) is 16.6. The third-order valence-electron chi connectivity index (χ3n) is 3.74. The highest BCUT2D eigenvalue weighted by molar-refractivity contribution is 7.17. The summed E-state index contributed by atoms with van der Waals surface area (Å²) in [6.07, 6.45) is 2.74. The molecule has 0 aliphatic rings. The molecule has 0 aliphatic carbocycles. The zero-order valence-corrected chi connectivity index (χ0v) is 15.0. The molecule has 7 heteroatoms. The molecule has 1 atom stereocenters. The molecule has 0 spiro atoms. The molecule has 0 saturated carbocycles. The minimum atomic E-state index is 0.0202. The Kier molecular flexibility index (Phi) is 4.30. The van der Waals surface area contributed by atoms with Crippen molar-refractivity contribution in [2.45, 2.75) is 40.2 Å². The predicted octanol–water partition coefficient (Wildman–Crippen LogP) is 3.50. The lowest BCUT2D eigenvalue weighted by Gasteiger charge is -2.15. The Morgan fingerprint density at radius 1 is 1.26 bits per heavy atom. The van der Waals surface area contributed by atoms with Gasteiger partial charge in [0.05, 0.1) is 11.4 Å². The summed E-state index contributed by atoms with van der Waals surface area (Å²) in [5.74, 6) is 3.15. The lowest BCUT2D eigenvalue weighted by molar-refractivity contribution is 0.651. The van der Waals surface area contributed by atoms with E-state index in [1.165, 1.54) is 5.56 Å². The largest absolute Gasteiger partial charge is 0.360 e. The standard InChI is InChI=1S/C16H22N6S/c1-9(2)6-12-7-23-16-13(12)14(19-11(4)20-16)18-10(3)15-21-17-8-22(15)5/h7-10H,6H2,1-5H3,(H,18,19,20)/t10-/m0/s1. The molecule has 3 heterocycles. The molecule has 3 aromatic heterocycles. The molecule has 23 heavy (non-hydrogen) atoms. The lowest BCUT2D eigenvalue weighted by atomic mass is 10.0. The van der Waals surface area contributed by atoms with Crippen molar-refractivity contribution in [3.8, 4) is 0 Å². The molecule has 0 fully saturated rings. The highest BCUT2D eigenvalue weighted by atomic mass is 32.1. The van der Waals surface area contributed by atoms with Gasteiger partial charge in [0.25, 0.3) is 0 Å². The fourth-order valence-electron chi connectivity index (χ4n) is 2.76. The number of nitrogens with one attached hydrogen (secondary N) is 1. The van der Waals surface area contributed by atoms with Crippen LogP contribution in [0.15, 0.2) is 11.7 Å². The van der Waals surface area contributed by atoms with Crippen molar-refractivity contribution in [2.75, 3.05) is 5.32 Å². The predicted molar refractivity (Wildman–Crippen MR) is 93.7 cm³/mol. The van der Waals surface area contributed by atoms with Crippen LogP contribution in [0.4, 0.5) is 5.82 Å². The van der Waals surface area contributed by atoms with Gasteiger partial charge in [-0.25, -0.2) is 9.97 Å². The van der Waals surface area contributed by atoms with E-state index < -0.39 is 0 Å². The minimum Gasteiger partial charge on any atom is -0.360 e. The molecule has 0 bridgehead atoms. The normalized spacial score (nSPS) is 13.0. The van der Waals surface area contributed by atoms with Gasteiger partial charge in [0.2, 0.25) is 0 Å². The lowest BCUT2D eigenvalue weighted by Crippen LogP contribution is -2.14. The van der Waals surface area contributed by atoms with Crippen LogP contribution in [0, 0.1) is 12.8 Å². The number of aromatic nitrogens is 5. The molecule has 3 rings (SSSR count). The van der Waals surface area contributed by atoms with Crippen molar-refractivity contribution < 1.29 is 0 Å². The van der Waals surface area contributed by atoms with Crippen molar-refractivity contribution in [1.29, 1.82) is 0 Å². The van der Waals surface area contributed by atoms with Crippen LogP contribution in [0.1, 0.15) is 44.0 Å². The van der Waals surface area contributed by atoms with Crippen LogP contribution in [0.25, 0.3) is 10.2 Å². The molecule has 0 unspecified atom stereocenters. The number of anilines is 1. The molecule has 122 valence electrons. The number of nitrogens with zero attached hydrogens (tertiary/aromatic N) is 5. The average Bonchev–Trinajstić information content (AvgIpc) is 3.05. The summed E-state index contributed by atoms with van der Waals surface area (Å²) in [6, 6.07) is 0.0202. The number of thiophene rings is 1. The van der Waals surface area contributed by atoms with E-state index in [-0.39, 0.29) is 6.04 Å². The van der Waals surface area contributed by atoms with Crippen LogP contribution in [-0.4, -0.2) is 24.7 Å². The Morgan fingerprint density at radius 3 is 2.70 bits per heavy atom. The van der Waals surface area contributed by atoms with Gasteiger partial charge >= 0.3 is 0 Å². The van der Waals surface area contributed by atoms with Crippen molar-refractivity contribution in [3.05, 3.63) is 28.9 Å². The molecule has 0 aliphatic heterocycles. The van der Waals surface area contributed by atoms with Crippen LogP contribution in [-0.2, 0) is 13.5 Å². The van der Waals surface area contributed by atoms with E-state index in [9.17, 15) is 0 Å². The quantitative estimate of drug-likeness (QED) is 0.775. The molecular formula is C16H22N6S. The number of rotatable bonds is 5. The average molecular weight is 330 g/mol. The first-order valence-corrected chi connectivity index (χ1v) is 8.68. The molecule has 0 radical (unpaired) electrons. The van der Waals surface area contributed by atoms with Gasteiger partial charge in [0, 0.05) is 7.05 Å². The van der Waals surface area contributed by atoms with E-state index in [0.717, 1.165) is 34.1 Å². The fourth-order valence-corrected chi connectivity index (χ4v) is 3.75. The van der Waals surface area contributed by atoms with Gasteiger partial charge in [-0.2, -0.15) is 0 Å². The Labute approximate surface area is 140 Å². The number of aryl methyl sites for hydroxylation is 2. The second-order valence-electron chi connectivity index (χ2n) is 6.32. The summed E-state index contributed by atoms with van der Waals surface area (Å²) in [4.78, 5) is 10.3. The smallest absolute Gasteiger partial charge is 0.154 e. The Bertz CT molecular complexity index is 819. The maximum Gasteiger partial charge on any atom is 0.154 e. The van der Waals surface area contributed by atoms with E-state index in [1.54, 1.807) is 17.7 Å². The SMILES string of the molecule is Cc1nc(N[C@@H](C)c2nncn2C)c2c(CC(C)C)csc2n1. The van der Waals surface area contributed by atoms with E-state index in [2.05, 4.69) is 51.6 Å². The van der Waals surface area contributed by atoms with Crippen LogP contribution < -0.4 is 5.32 Å². The zero-order valence-electron chi connectivity index (χ0n) is 14.2. The number of hydrogen-bond acceptors (Lipinski definition) is 6. The summed E-state index contributed by atoms with van der Waals surface area (Å²) >= 11 is 1.69. The monoisotopic (exact) mass is 330 g/mol. The van der Waals surface area contributed by atoms with Crippen molar-refractivity contribution in [1.82, 2.24) is 24.7 Å². The molecule has 0 amide bonds. The highest BCUT2D eigenvalue weighted by Gasteiger charge is 2.18. The number of hydrogen-bond donors (Lipinski definition) is 1. The van der Waals surface area contributed by atoms with Crippen LogP contribution >= 0.6 is 11.3 Å². The van der Waals surface area contributed by atoms with Gasteiger partial charge in [-0.05, 0) is 37.1 Å². The van der Waals surface area contributed by atoms with Crippen LogP contribution in [0.2, 0.25) is 0 Å². The summed E-state index contributed by atoms with van der Waals surface area (Å²) in [5, 5.41) is 15.0. The maximum atomic E-state index is 4.65. The Morgan fingerprint density at radius 2 is 2.04 bits per heavy atom. The van der Waals surface area contributed by atoms with Gasteiger partial charge in [-0.15, -0.1) is 21.5 Å². The summed E-state index contributed by atoms with van der Waals surface area (Å²) in [7, 11) is 1.95. The first-order chi connectivity index (χ1) is 11.0. The maximum absolute atomic E-state index is 4.65. The third-order valence-corrected chi connectivity index (χ3v) is 4.66. The van der Waals surface area contributed by atoms with Crippen molar-refractivity contribution in [3.63, 3.8) is 0 Å².